The van der Waals surface area contributed by atoms with Crippen molar-refractivity contribution in [2.75, 3.05) is 11.5 Å². The molecule has 1 aliphatic rings. The minimum Gasteiger partial charge on any atom is -0.488 e. The highest BCUT2D eigenvalue weighted by Gasteiger charge is 2.52. The number of halogens is 11. The van der Waals surface area contributed by atoms with Gasteiger partial charge in [-0.1, -0.05) is 48.5 Å². The molecule has 530 valence electrons. The molecule has 6 aromatic carbocycles. The van der Waals surface area contributed by atoms with Crippen LogP contribution in [0.3, 0.4) is 0 Å². The quantitative estimate of drug-likeness (QED) is 0.0656. The lowest BCUT2D eigenvalue weighted by Crippen LogP contribution is -2.41. The highest BCUT2D eigenvalue weighted by atomic mass is 127. The summed E-state index contributed by atoms with van der Waals surface area (Å²) in [6.07, 6.45) is -6.69. The summed E-state index contributed by atoms with van der Waals surface area (Å²) in [4.78, 5) is 53.5. The topological polar surface area (TPSA) is 246 Å². The zero-order valence-corrected chi connectivity index (χ0v) is 61.6. The molecule has 7 heterocycles. The zero-order chi connectivity index (χ0) is 73.9. The van der Waals surface area contributed by atoms with E-state index in [1.807, 2.05) is 91.8 Å². The Morgan fingerprint density at radius 2 is 0.971 bits per heavy atom. The minimum absolute atomic E-state index is 0.0260. The standard InChI is InChI=1S/C32H26BrF4N7O2.C22H14BrF3IN7O.C16H24BFO3/c1-31(2,3)46-20-12-18(11-19(34)13-20)27-26-28(38)39-16-40-29(26)44(42-27)15-24-41-23-10-6-9-22(33)25(23)30(45)43(24)14-17-7-4-5-8-21(17)32(35,36)37;23-13-6-3-7-14-16(13)21(35)33(8-11-4-1-2-5-12(11)22(24,25)26)15(31-14)9-34-20-17(18(27)32-34)19(28)29-10-30-20;1-14(2,3)19-13-9-11(8-12(18)10-13)17-20-15(4,5)16(6,7)21-17/h4-13,16H,14-15H2,1-3H3,(H2,38,39,40);1-7,10H,8-9H2,(H2,28,29,30);8-10H,1-7H3. The van der Waals surface area contributed by atoms with E-state index in [-0.39, 0.29) is 93.3 Å². The number of rotatable bonds is 12. The van der Waals surface area contributed by atoms with E-state index in [0.29, 0.717) is 56.9 Å². The molecule has 0 spiro atoms. The number of fused-ring (bicyclic) bond motifs is 4. The number of nitrogens with zero attached hydrogens (tertiary/aromatic N) is 12. The van der Waals surface area contributed by atoms with E-state index in [1.54, 1.807) is 48.5 Å². The van der Waals surface area contributed by atoms with Gasteiger partial charge in [0.1, 0.15) is 92.8 Å². The fourth-order valence-corrected chi connectivity index (χ4v) is 13.1. The fourth-order valence-electron chi connectivity index (χ4n) is 11.2. The smallest absolute Gasteiger partial charge is 0.488 e. The van der Waals surface area contributed by atoms with Crippen molar-refractivity contribution in [2.24, 2.45) is 0 Å². The Bertz CT molecular complexity index is 5330. The van der Waals surface area contributed by atoms with E-state index in [0.717, 1.165) is 12.1 Å². The van der Waals surface area contributed by atoms with Crippen molar-refractivity contribution in [1.82, 2.24) is 58.6 Å². The number of ether oxygens (including phenoxy) is 2. The summed E-state index contributed by atoms with van der Waals surface area (Å²) in [6, 6.07) is 29.0. The van der Waals surface area contributed by atoms with Gasteiger partial charge in [-0.15, -0.1) is 0 Å². The SMILES string of the molecule is CC(C)(C)Oc1cc(F)cc(-c2nn(Cc3nc4cccc(Br)c4c(=O)n3Cc3ccccc3C(F)(F)F)c3ncnc(N)c23)c1.CC(C)(C)Oc1cc(F)cc(B2OC(C)(C)C(C)(C)O2)c1.Nc1ncnc2c1c(I)nn2Cc1nc2cccc(Br)c2c(=O)n1Cc1ccccc1C(F)(F)F. The van der Waals surface area contributed by atoms with Gasteiger partial charge in [-0.3, -0.25) is 18.7 Å². The van der Waals surface area contributed by atoms with Crippen LogP contribution in [0.25, 0.3) is 55.1 Å². The third-order valence-electron chi connectivity index (χ3n) is 16.4. The van der Waals surface area contributed by atoms with Crippen LogP contribution < -0.4 is 37.5 Å². The molecule has 1 fully saturated rings. The molecule has 0 saturated carbocycles. The molecule has 0 bridgehead atoms. The molecule has 32 heteroatoms. The molecule has 0 unspecified atom stereocenters. The summed E-state index contributed by atoms with van der Waals surface area (Å²) in [6.45, 7) is 18.2. The minimum atomic E-state index is -4.65. The van der Waals surface area contributed by atoms with Gasteiger partial charge in [0.05, 0.1) is 68.0 Å². The van der Waals surface area contributed by atoms with Gasteiger partial charge in [-0.05, 0) is 201 Å². The molecule has 12 aromatic rings. The van der Waals surface area contributed by atoms with Crippen LogP contribution in [0.4, 0.5) is 46.8 Å². The van der Waals surface area contributed by atoms with Gasteiger partial charge in [-0.25, -0.2) is 48.0 Å². The van der Waals surface area contributed by atoms with Crippen LogP contribution >= 0.6 is 54.5 Å². The number of alkyl halides is 6. The second-order valence-electron chi connectivity index (χ2n) is 26.7. The van der Waals surface area contributed by atoms with E-state index in [2.05, 4.69) is 61.9 Å². The van der Waals surface area contributed by atoms with Gasteiger partial charge in [0.15, 0.2) is 11.3 Å². The maximum absolute atomic E-state index is 14.8. The maximum Gasteiger partial charge on any atom is 0.495 e. The molecule has 6 aromatic heterocycles. The summed E-state index contributed by atoms with van der Waals surface area (Å²) in [5, 5.41) is 10.5. The summed E-state index contributed by atoms with van der Waals surface area (Å²) >= 11 is 8.75. The molecular formula is C70H64BBr2F8IN14O6. The number of aromatic nitrogens is 12. The molecule has 20 nitrogen and oxygen atoms in total. The lowest BCUT2D eigenvalue weighted by Gasteiger charge is -2.32. The summed E-state index contributed by atoms with van der Waals surface area (Å²) < 4.78 is 142. The first-order chi connectivity index (χ1) is 47.7. The van der Waals surface area contributed by atoms with Crippen LogP contribution in [0.5, 0.6) is 11.5 Å². The Kier molecular flexibility index (Phi) is 20.6. The zero-order valence-electron chi connectivity index (χ0n) is 56.2. The third-order valence-corrected chi connectivity index (χ3v) is 18.5. The summed E-state index contributed by atoms with van der Waals surface area (Å²) in [5.41, 5.74) is 10.1. The highest BCUT2D eigenvalue weighted by molar-refractivity contribution is 14.1. The summed E-state index contributed by atoms with van der Waals surface area (Å²) in [5.74, 6) is 0.451. The van der Waals surface area contributed by atoms with Crippen LogP contribution in [-0.2, 0) is 47.8 Å². The Morgan fingerprint density at radius 1 is 0.539 bits per heavy atom. The van der Waals surface area contributed by atoms with E-state index < -0.39 is 70.9 Å². The summed E-state index contributed by atoms with van der Waals surface area (Å²) in [7, 11) is -0.590. The van der Waals surface area contributed by atoms with Gasteiger partial charge >= 0.3 is 19.5 Å². The van der Waals surface area contributed by atoms with E-state index in [4.69, 9.17) is 40.3 Å². The largest absolute Gasteiger partial charge is 0.495 e. The second kappa shape index (κ2) is 28.3. The molecule has 1 aliphatic heterocycles. The fraction of sp³-hybridized carbons (Fsp3) is 0.286. The average molecular weight is 1650 g/mol. The third kappa shape index (κ3) is 16.1. The van der Waals surface area contributed by atoms with Crippen molar-refractivity contribution in [3.05, 3.63) is 213 Å². The van der Waals surface area contributed by atoms with Crippen LogP contribution in [0.15, 0.2) is 153 Å². The lowest BCUT2D eigenvalue weighted by molar-refractivity contribution is -0.139. The van der Waals surface area contributed by atoms with Crippen molar-refractivity contribution >= 4 is 123 Å². The predicted octanol–water partition coefficient (Wildman–Crippen LogP) is 14.9. The first kappa shape index (κ1) is 74.2. The van der Waals surface area contributed by atoms with Gasteiger partial charge in [0, 0.05) is 26.6 Å². The first-order valence-electron chi connectivity index (χ1n) is 31.3. The monoisotopic (exact) mass is 1640 g/mol. The van der Waals surface area contributed by atoms with Crippen molar-refractivity contribution < 1.29 is 53.9 Å². The predicted molar refractivity (Wildman–Crippen MR) is 387 cm³/mol. The van der Waals surface area contributed by atoms with Gasteiger partial charge < -0.3 is 30.2 Å². The van der Waals surface area contributed by atoms with Crippen LogP contribution in [-0.4, -0.2) is 88.1 Å². The van der Waals surface area contributed by atoms with Crippen molar-refractivity contribution in [1.29, 1.82) is 0 Å². The Balaban J connectivity index is 0.000000165. The average Bonchev–Trinajstić information content (AvgIpc) is 1.19. The molecule has 4 N–H and O–H groups in total. The van der Waals surface area contributed by atoms with E-state index in [1.165, 1.54) is 91.8 Å². The van der Waals surface area contributed by atoms with Crippen molar-refractivity contribution in [2.45, 2.75) is 130 Å². The lowest BCUT2D eigenvalue weighted by atomic mass is 9.79. The molecular weight excluding hydrogens is 1580 g/mol. The van der Waals surface area contributed by atoms with Crippen LogP contribution in [0.1, 0.15) is 103 Å². The number of nitrogen functional groups attached to an aromatic ring is 2. The number of hydrogen-bond acceptors (Lipinski definition) is 16. The van der Waals surface area contributed by atoms with Gasteiger partial charge in [0.25, 0.3) is 11.1 Å². The Hall–Kier alpha value is -8.99. The molecule has 0 aliphatic carbocycles. The van der Waals surface area contributed by atoms with Crippen molar-refractivity contribution in [3.8, 4) is 22.8 Å². The van der Waals surface area contributed by atoms with Crippen LogP contribution in [0.2, 0.25) is 0 Å². The van der Waals surface area contributed by atoms with E-state index >= 15 is 0 Å². The molecule has 0 radical (unpaired) electrons. The molecule has 1 saturated heterocycles. The molecule has 13 rings (SSSR count). The Morgan fingerprint density at radius 3 is 1.44 bits per heavy atom. The number of nitrogens with two attached hydrogens (primary N) is 2. The number of hydrogen-bond donors (Lipinski definition) is 2. The van der Waals surface area contributed by atoms with Gasteiger partial charge in [0.2, 0.25) is 0 Å². The normalized spacial score (nSPS) is 13.9. The van der Waals surface area contributed by atoms with Crippen LogP contribution in [0, 0.1) is 15.3 Å². The second-order valence-corrected chi connectivity index (χ2v) is 29.4. The van der Waals surface area contributed by atoms with Crippen molar-refractivity contribution in [3.63, 3.8) is 0 Å². The van der Waals surface area contributed by atoms with Gasteiger partial charge in [-0.2, -0.15) is 36.5 Å². The maximum atomic E-state index is 14.8. The molecule has 102 heavy (non-hydrogen) atoms. The highest BCUT2D eigenvalue weighted by Crippen LogP contribution is 2.39. The Labute approximate surface area is 608 Å². The van der Waals surface area contributed by atoms with E-state index in [9.17, 15) is 44.7 Å². The molecule has 0 atom stereocenters. The molecule has 0 amide bonds. The number of benzene rings is 6. The number of anilines is 2. The first-order valence-corrected chi connectivity index (χ1v) is 34.0.